The van der Waals surface area contributed by atoms with Gasteiger partial charge in [0.05, 0.1) is 11.4 Å². The average Bonchev–Trinajstić information content (AvgIpc) is 3.06. The van der Waals surface area contributed by atoms with Crippen molar-refractivity contribution in [2.75, 3.05) is 40.3 Å². The molecule has 130 valence electrons. The molecule has 23 heavy (non-hydrogen) atoms. The third kappa shape index (κ3) is 5.79. The summed E-state index contributed by atoms with van der Waals surface area (Å²) in [6.07, 6.45) is 3.31. The fourth-order valence-corrected chi connectivity index (χ4v) is 3.50. The van der Waals surface area contributed by atoms with E-state index in [0.29, 0.717) is 10.8 Å². The van der Waals surface area contributed by atoms with Crippen LogP contribution in [0.15, 0.2) is 17.5 Å². The minimum atomic E-state index is -0.0766. The highest BCUT2D eigenvalue weighted by Gasteiger charge is 2.24. The second-order valence-corrected chi connectivity index (χ2v) is 6.80. The monoisotopic (exact) mass is 359 g/mol. The molecule has 0 radical (unpaired) electrons. The molecule has 1 aromatic heterocycles. The minimum Gasteiger partial charge on any atom is -0.341 e. The second kappa shape index (κ2) is 9.90. The molecule has 7 heteroatoms. The summed E-state index contributed by atoms with van der Waals surface area (Å²) in [5.74, 6) is 0.689. The molecule has 0 bridgehead atoms. The van der Waals surface area contributed by atoms with Crippen molar-refractivity contribution in [2.24, 2.45) is 5.92 Å². The molecule has 0 spiro atoms. The number of amides is 2. The molecule has 1 saturated heterocycles. The van der Waals surface area contributed by atoms with Gasteiger partial charge in [0.15, 0.2) is 0 Å². The molecular weight excluding hydrogens is 334 g/mol. The molecule has 2 rings (SSSR count). The summed E-state index contributed by atoms with van der Waals surface area (Å²) >= 11 is 1.41. The third-order valence-corrected chi connectivity index (χ3v) is 5.08. The number of nitrogens with one attached hydrogen (secondary N) is 1. The number of rotatable bonds is 6. The lowest BCUT2D eigenvalue weighted by molar-refractivity contribution is -0.133. The van der Waals surface area contributed by atoms with E-state index in [1.54, 1.807) is 13.1 Å². The third-order valence-electron chi connectivity index (χ3n) is 4.22. The van der Waals surface area contributed by atoms with E-state index in [1.807, 2.05) is 23.4 Å². The van der Waals surface area contributed by atoms with E-state index in [4.69, 9.17) is 0 Å². The summed E-state index contributed by atoms with van der Waals surface area (Å²) in [7, 11) is 3.67. The van der Waals surface area contributed by atoms with Crippen LogP contribution in [0.3, 0.4) is 0 Å². The van der Waals surface area contributed by atoms with E-state index in [1.165, 1.54) is 22.7 Å². The molecule has 1 aromatic rings. The number of hydrogen-bond acceptors (Lipinski definition) is 4. The van der Waals surface area contributed by atoms with Gasteiger partial charge >= 0.3 is 0 Å². The van der Waals surface area contributed by atoms with Gasteiger partial charge in [-0.25, -0.2) is 0 Å². The Kier molecular flexibility index (Phi) is 8.58. The highest BCUT2D eigenvalue weighted by atomic mass is 35.5. The number of halogens is 1. The zero-order chi connectivity index (χ0) is 15.9. The summed E-state index contributed by atoms with van der Waals surface area (Å²) in [6.45, 7) is 2.83. The van der Waals surface area contributed by atoms with Crippen LogP contribution in [-0.4, -0.2) is 61.9 Å². The zero-order valence-electron chi connectivity index (χ0n) is 13.8. The highest BCUT2D eigenvalue weighted by Crippen LogP contribution is 2.20. The maximum Gasteiger partial charge on any atom is 0.264 e. The van der Waals surface area contributed by atoms with Crippen molar-refractivity contribution in [3.05, 3.63) is 22.4 Å². The number of likely N-dealkylation sites (tertiary alicyclic amines) is 1. The first-order chi connectivity index (χ1) is 10.6. The maximum absolute atomic E-state index is 12.3. The lowest BCUT2D eigenvalue weighted by atomic mass is 9.93. The first kappa shape index (κ1) is 19.9. The Bertz CT molecular complexity index is 488. The normalized spacial score (nSPS) is 15.1. The Morgan fingerprint density at radius 1 is 1.39 bits per heavy atom. The minimum absolute atomic E-state index is 0. The Hall–Kier alpha value is -1.11. The molecule has 1 N–H and O–H groups in total. The molecule has 0 aromatic carbocycles. The molecule has 1 aliphatic heterocycles. The molecule has 1 aliphatic rings. The molecular formula is C16H26ClN3O2S. The largest absolute Gasteiger partial charge is 0.341 e. The molecule has 5 nitrogen and oxygen atoms in total. The van der Waals surface area contributed by atoms with E-state index < -0.39 is 0 Å². The van der Waals surface area contributed by atoms with Crippen LogP contribution in [0.25, 0.3) is 0 Å². The smallest absolute Gasteiger partial charge is 0.264 e. The van der Waals surface area contributed by atoms with E-state index >= 15 is 0 Å². The maximum atomic E-state index is 12.3. The Morgan fingerprint density at radius 3 is 2.65 bits per heavy atom. The lowest BCUT2D eigenvalue weighted by Gasteiger charge is -2.33. The van der Waals surface area contributed by atoms with Crippen LogP contribution in [0.5, 0.6) is 0 Å². The SMILES string of the molecule is CNCCC1CCN(C(=O)CN(C)C(=O)c2cccs2)CC1.Cl. The van der Waals surface area contributed by atoms with Crippen LogP contribution in [0.1, 0.15) is 28.9 Å². The first-order valence-electron chi connectivity index (χ1n) is 7.83. The topological polar surface area (TPSA) is 52.7 Å². The molecule has 0 saturated carbocycles. The average molecular weight is 360 g/mol. The number of carbonyl (C=O) groups is 2. The van der Waals surface area contributed by atoms with Gasteiger partial charge in [-0.15, -0.1) is 23.7 Å². The number of nitrogens with zero attached hydrogens (tertiary/aromatic N) is 2. The van der Waals surface area contributed by atoms with Crippen LogP contribution in [0, 0.1) is 5.92 Å². The van der Waals surface area contributed by atoms with Crippen LogP contribution < -0.4 is 5.32 Å². The van der Waals surface area contributed by atoms with Gasteiger partial charge in [-0.1, -0.05) is 6.07 Å². The van der Waals surface area contributed by atoms with Crippen LogP contribution in [-0.2, 0) is 4.79 Å². The van der Waals surface area contributed by atoms with E-state index in [9.17, 15) is 9.59 Å². The molecule has 0 aliphatic carbocycles. The predicted molar refractivity (Wildman–Crippen MR) is 96.4 cm³/mol. The summed E-state index contributed by atoms with van der Waals surface area (Å²) in [4.78, 5) is 28.6. The molecule has 2 heterocycles. The van der Waals surface area contributed by atoms with E-state index in [-0.39, 0.29) is 30.8 Å². The Labute approximate surface area is 148 Å². The Balaban J connectivity index is 0.00000264. The fourth-order valence-electron chi connectivity index (χ4n) is 2.78. The van der Waals surface area contributed by atoms with Gasteiger partial charge in [0.1, 0.15) is 0 Å². The van der Waals surface area contributed by atoms with E-state index in [0.717, 1.165) is 32.5 Å². The highest BCUT2D eigenvalue weighted by molar-refractivity contribution is 7.12. The van der Waals surface area contributed by atoms with Crippen molar-refractivity contribution in [2.45, 2.75) is 19.3 Å². The number of carbonyl (C=O) groups excluding carboxylic acids is 2. The molecule has 1 fully saturated rings. The number of piperidine rings is 1. The summed E-state index contributed by atoms with van der Waals surface area (Å²) < 4.78 is 0. The van der Waals surface area contributed by atoms with Crippen LogP contribution in [0.2, 0.25) is 0 Å². The summed E-state index contributed by atoms with van der Waals surface area (Å²) in [6, 6.07) is 3.64. The van der Waals surface area contributed by atoms with Gasteiger partial charge in [0.25, 0.3) is 5.91 Å². The summed E-state index contributed by atoms with van der Waals surface area (Å²) in [5, 5.41) is 5.05. The van der Waals surface area contributed by atoms with Gasteiger partial charge in [0, 0.05) is 20.1 Å². The second-order valence-electron chi connectivity index (χ2n) is 5.85. The van der Waals surface area contributed by atoms with Crippen LogP contribution >= 0.6 is 23.7 Å². The quantitative estimate of drug-likeness (QED) is 0.846. The van der Waals surface area contributed by atoms with Crippen molar-refractivity contribution in [3.8, 4) is 0 Å². The molecule has 0 atom stereocenters. The fraction of sp³-hybridized carbons (Fsp3) is 0.625. The predicted octanol–water partition coefficient (Wildman–Crippen LogP) is 2.09. The standard InChI is InChI=1S/C16H25N3O2S.ClH/c1-17-8-5-13-6-9-19(10-7-13)15(20)12-18(2)16(21)14-4-3-11-22-14;/h3-4,11,13,17H,5-10,12H2,1-2H3;1H. The summed E-state index contributed by atoms with van der Waals surface area (Å²) in [5.41, 5.74) is 0. The van der Waals surface area contributed by atoms with Crippen molar-refractivity contribution in [1.29, 1.82) is 0 Å². The van der Waals surface area contributed by atoms with Crippen LogP contribution in [0.4, 0.5) is 0 Å². The first-order valence-corrected chi connectivity index (χ1v) is 8.71. The molecule has 0 unspecified atom stereocenters. The molecule has 2 amide bonds. The van der Waals surface area contributed by atoms with Gasteiger partial charge < -0.3 is 15.1 Å². The van der Waals surface area contributed by atoms with Crippen molar-refractivity contribution >= 4 is 35.6 Å². The van der Waals surface area contributed by atoms with Crippen molar-refractivity contribution < 1.29 is 9.59 Å². The number of thiophene rings is 1. The van der Waals surface area contributed by atoms with E-state index in [2.05, 4.69) is 5.32 Å². The number of hydrogen-bond donors (Lipinski definition) is 1. The van der Waals surface area contributed by atoms with Gasteiger partial charge in [-0.3, -0.25) is 9.59 Å². The number of likely N-dealkylation sites (N-methyl/N-ethyl adjacent to an activating group) is 1. The van der Waals surface area contributed by atoms with Gasteiger partial charge in [0.2, 0.25) is 5.91 Å². The Morgan fingerprint density at radius 2 is 2.09 bits per heavy atom. The van der Waals surface area contributed by atoms with Crippen molar-refractivity contribution in [3.63, 3.8) is 0 Å². The van der Waals surface area contributed by atoms with Gasteiger partial charge in [-0.05, 0) is 50.2 Å². The van der Waals surface area contributed by atoms with Gasteiger partial charge in [-0.2, -0.15) is 0 Å². The lowest BCUT2D eigenvalue weighted by Crippen LogP contribution is -2.44. The zero-order valence-corrected chi connectivity index (χ0v) is 15.4. The van der Waals surface area contributed by atoms with Crippen molar-refractivity contribution in [1.82, 2.24) is 15.1 Å².